The molecule has 2 aromatic rings. The van der Waals surface area contributed by atoms with E-state index in [1.54, 1.807) is 12.1 Å². The summed E-state index contributed by atoms with van der Waals surface area (Å²) in [4.78, 5) is 16.1. The average Bonchev–Trinajstić information content (AvgIpc) is 2.66. The number of nitrogens with one attached hydrogen (secondary N) is 1. The average molecular weight is 341 g/mol. The van der Waals surface area contributed by atoms with E-state index in [4.69, 9.17) is 0 Å². The zero-order valence-electron chi connectivity index (χ0n) is 14.3. The van der Waals surface area contributed by atoms with E-state index in [2.05, 4.69) is 17.4 Å². The van der Waals surface area contributed by atoms with Gasteiger partial charge in [0, 0.05) is 26.2 Å². The van der Waals surface area contributed by atoms with Crippen molar-refractivity contribution in [2.75, 3.05) is 44.2 Å². The van der Waals surface area contributed by atoms with Gasteiger partial charge in [-0.2, -0.15) is 0 Å². The second-order valence-corrected chi connectivity index (χ2v) is 6.23. The van der Waals surface area contributed by atoms with E-state index in [0.29, 0.717) is 38.4 Å². The smallest absolute Gasteiger partial charge is 0.236 e. The van der Waals surface area contributed by atoms with Crippen molar-refractivity contribution in [1.29, 1.82) is 0 Å². The van der Waals surface area contributed by atoms with Gasteiger partial charge in [-0.25, -0.2) is 4.39 Å². The summed E-state index contributed by atoms with van der Waals surface area (Å²) in [6, 6.07) is 17.0. The molecule has 5 heteroatoms. The van der Waals surface area contributed by atoms with Crippen LogP contribution in [0.5, 0.6) is 0 Å². The normalized spacial score (nSPS) is 14.6. The molecule has 1 saturated heterocycles. The van der Waals surface area contributed by atoms with Crippen molar-refractivity contribution in [3.8, 4) is 0 Å². The molecule has 1 aliphatic heterocycles. The number of benzene rings is 2. The largest absolute Gasteiger partial charge is 0.366 e. The SMILES string of the molecule is O=C(CNCCc1ccccc1)N1CCN(c2ccccc2F)CC1. The molecule has 1 amide bonds. The van der Waals surface area contributed by atoms with Gasteiger partial charge >= 0.3 is 0 Å². The lowest BCUT2D eigenvalue weighted by molar-refractivity contribution is -0.130. The Hall–Kier alpha value is -2.40. The summed E-state index contributed by atoms with van der Waals surface area (Å²) >= 11 is 0. The van der Waals surface area contributed by atoms with Crippen molar-refractivity contribution in [3.63, 3.8) is 0 Å². The first-order valence-corrected chi connectivity index (χ1v) is 8.76. The Morgan fingerprint density at radius 1 is 0.960 bits per heavy atom. The van der Waals surface area contributed by atoms with Gasteiger partial charge in [-0.05, 0) is 30.7 Å². The number of nitrogens with zero attached hydrogens (tertiary/aromatic N) is 2. The van der Waals surface area contributed by atoms with E-state index in [-0.39, 0.29) is 11.7 Å². The topological polar surface area (TPSA) is 35.6 Å². The standard InChI is InChI=1S/C20H24FN3O/c21-18-8-4-5-9-19(18)23-12-14-24(15-13-23)20(25)16-22-11-10-17-6-2-1-3-7-17/h1-9,22H,10-16H2. The summed E-state index contributed by atoms with van der Waals surface area (Å²) in [5, 5.41) is 3.22. The number of carbonyl (C=O) groups excluding carboxylic acids is 1. The highest BCUT2D eigenvalue weighted by Gasteiger charge is 2.22. The van der Waals surface area contributed by atoms with Gasteiger partial charge in [-0.1, -0.05) is 42.5 Å². The number of rotatable bonds is 6. The lowest BCUT2D eigenvalue weighted by atomic mass is 10.1. The lowest BCUT2D eigenvalue weighted by Gasteiger charge is -2.36. The van der Waals surface area contributed by atoms with E-state index in [1.807, 2.05) is 34.1 Å². The van der Waals surface area contributed by atoms with Crippen LogP contribution in [0.2, 0.25) is 0 Å². The van der Waals surface area contributed by atoms with Gasteiger partial charge in [0.1, 0.15) is 5.82 Å². The number of para-hydroxylation sites is 1. The molecule has 25 heavy (non-hydrogen) atoms. The number of hydrogen-bond acceptors (Lipinski definition) is 3. The number of amides is 1. The molecule has 0 atom stereocenters. The third kappa shape index (κ3) is 4.79. The number of carbonyl (C=O) groups is 1. The third-order valence-electron chi connectivity index (χ3n) is 4.54. The quantitative estimate of drug-likeness (QED) is 0.819. The van der Waals surface area contributed by atoms with Crippen molar-refractivity contribution in [2.45, 2.75) is 6.42 Å². The Morgan fingerprint density at radius 2 is 1.64 bits per heavy atom. The van der Waals surface area contributed by atoms with Crippen molar-refractivity contribution >= 4 is 11.6 Å². The van der Waals surface area contributed by atoms with Crippen LogP contribution in [0.3, 0.4) is 0 Å². The van der Waals surface area contributed by atoms with E-state index in [9.17, 15) is 9.18 Å². The Morgan fingerprint density at radius 3 is 2.36 bits per heavy atom. The van der Waals surface area contributed by atoms with Crippen LogP contribution in [0.25, 0.3) is 0 Å². The zero-order valence-corrected chi connectivity index (χ0v) is 14.3. The number of piperazine rings is 1. The van der Waals surface area contributed by atoms with Gasteiger partial charge in [0.25, 0.3) is 0 Å². The minimum Gasteiger partial charge on any atom is -0.366 e. The molecule has 0 radical (unpaired) electrons. The third-order valence-corrected chi connectivity index (χ3v) is 4.54. The molecule has 0 saturated carbocycles. The molecule has 1 N–H and O–H groups in total. The fourth-order valence-corrected chi connectivity index (χ4v) is 3.09. The summed E-state index contributed by atoms with van der Waals surface area (Å²) in [7, 11) is 0. The lowest BCUT2D eigenvalue weighted by Crippen LogP contribution is -2.51. The molecule has 2 aromatic carbocycles. The van der Waals surface area contributed by atoms with Crippen LogP contribution in [-0.2, 0) is 11.2 Å². The van der Waals surface area contributed by atoms with Crippen LogP contribution in [-0.4, -0.2) is 50.1 Å². The molecule has 3 rings (SSSR count). The van der Waals surface area contributed by atoms with Gasteiger partial charge in [0.15, 0.2) is 0 Å². The van der Waals surface area contributed by atoms with Crippen LogP contribution < -0.4 is 10.2 Å². The van der Waals surface area contributed by atoms with Gasteiger partial charge in [-0.15, -0.1) is 0 Å². The number of halogens is 1. The molecule has 1 fully saturated rings. The summed E-state index contributed by atoms with van der Waals surface area (Å²) in [5.41, 5.74) is 1.89. The first kappa shape index (κ1) is 17.4. The molecule has 1 heterocycles. The predicted molar refractivity (Wildman–Crippen MR) is 98.2 cm³/mol. The molecule has 1 aliphatic rings. The predicted octanol–water partition coefficient (Wildman–Crippen LogP) is 2.31. The fraction of sp³-hybridized carbons (Fsp3) is 0.350. The number of anilines is 1. The molecule has 0 bridgehead atoms. The zero-order chi connectivity index (χ0) is 17.5. The van der Waals surface area contributed by atoms with Crippen LogP contribution >= 0.6 is 0 Å². The van der Waals surface area contributed by atoms with Crippen LogP contribution in [0.15, 0.2) is 54.6 Å². The summed E-state index contributed by atoms with van der Waals surface area (Å²) < 4.78 is 13.8. The minimum atomic E-state index is -0.204. The highest BCUT2D eigenvalue weighted by atomic mass is 19.1. The Kier molecular flexibility index (Phi) is 6.01. The maximum atomic E-state index is 13.8. The molecular formula is C20H24FN3O. The fourth-order valence-electron chi connectivity index (χ4n) is 3.09. The number of hydrogen-bond donors (Lipinski definition) is 1. The Bertz CT molecular complexity index is 684. The molecule has 0 unspecified atom stereocenters. The van der Waals surface area contributed by atoms with Gasteiger partial charge in [-0.3, -0.25) is 4.79 Å². The monoisotopic (exact) mass is 341 g/mol. The maximum Gasteiger partial charge on any atom is 0.236 e. The van der Waals surface area contributed by atoms with E-state index in [1.165, 1.54) is 11.6 Å². The summed E-state index contributed by atoms with van der Waals surface area (Å²) in [6.07, 6.45) is 0.912. The van der Waals surface area contributed by atoms with Crippen LogP contribution in [0, 0.1) is 5.82 Å². The Balaban J connectivity index is 1.39. The minimum absolute atomic E-state index is 0.112. The second-order valence-electron chi connectivity index (χ2n) is 6.23. The van der Waals surface area contributed by atoms with Crippen LogP contribution in [0.1, 0.15) is 5.56 Å². The van der Waals surface area contributed by atoms with Gasteiger partial charge in [0.2, 0.25) is 5.91 Å². The van der Waals surface area contributed by atoms with Gasteiger partial charge < -0.3 is 15.1 Å². The molecule has 0 aromatic heterocycles. The van der Waals surface area contributed by atoms with E-state index < -0.39 is 0 Å². The second kappa shape index (κ2) is 8.62. The van der Waals surface area contributed by atoms with Crippen molar-refractivity contribution in [1.82, 2.24) is 10.2 Å². The van der Waals surface area contributed by atoms with E-state index >= 15 is 0 Å². The molecule has 0 spiro atoms. The first-order valence-electron chi connectivity index (χ1n) is 8.76. The first-order chi connectivity index (χ1) is 12.2. The van der Waals surface area contributed by atoms with E-state index in [0.717, 1.165) is 13.0 Å². The molecule has 0 aliphatic carbocycles. The maximum absolute atomic E-state index is 13.8. The van der Waals surface area contributed by atoms with Gasteiger partial charge in [0.05, 0.1) is 12.2 Å². The molecule has 132 valence electrons. The molecule has 4 nitrogen and oxygen atoms in total. The van der Waals surface area contributed by atoms with Crippen molar-refractivity contribution in [2.24, 2.45) is 0 Å². The summed E-state index contributed by atoms with van der Waals surface area (Å²) in [5.74, 6) is -0.0916. The highest BCUT2D eigenvalue weighted by molar-refractivity contribution is 5.78. The van der Waals surface area contributed by atoms with Crippen LogP contribution in [0.4, 0.5) is 10.1 Å². The Labute approximate surface area is 148 Å². The van der Waals surface area contributed by atoms with Crippen molar-refractivity contribution < 1.29 is 9.18 Å². The molecular weight excluding hydrogens is 317 g/mol. The summed E-state index contributed by atoms with van der Waals surface area (Å²) in [6.45, 7) is 3.73. The van der Waals surface area contributed by atoms with Crippen molar-refractivity contribution in [3.05, 3.63) is 66.0 Å². The highest BCUT2D eigenvalue weighted by Crippen LogP contribution is 2.20.